The first-order valence-electron chi connectivity index (χ1n) is 9.03. The molecule has 2 aromatic heterocycles. The molecule has 0 unspecified atom stereocenters. The predicted octanol–water partition coefficient (Wildman–Crippen LogP) is 2.87. The summed E-state index contributed by atoms with van der Waals surface area (Å²) in [6.07, 6.45) is 5.97. The van der Waals surface area contributed by atoms with Crippen LogP contribution in [0.5, 0.6) is 0 Å². The molecule has 3 N–H and O–H groups in total. The first-order valence-corrected chi connectivity index (χ1v) is 9.03. The van der Waals surface area contributed by atoms with E-state index in [1.54, 1.807) is 12.1 Å². The fourth-order valence-corrected chi connectivity index (χ4v) is 3.05. The topological polar surface area (TPSA) is 122 Å². The van der Waals surface area contributed by atoms with E-state index in [4.69, 9.17) is 10.4 Å². The van der Waals surface area contributed by atoms with E-state index in [1.165, 1.54) is 18.3 Å². The first kappa shape index (κ1) is 19.2. The normalized spacial score (nSPS) is 14.8. The highest BCUT2D eigenvalue weighted by Crippen LogP contribution is 2.29. The molecule has 0 saturated carbocycles. The number of aromatic amines is 1. The fraction of sp³-hybridized carbons (Fsp3) is 0.300. The van der Waals surface area contributed by atoms with Crippen LogP contribution < -0.4 is 10.2 Å². The fourth-order valence-electron chi connectivity index (χ4n) is 3.05. The number of carbonyl (C=O) groups excluding carboxylic acids is 1. The number of H-pyrrole nitrogens is 1. The summed E-state index contributed by atoms with van der Waals surface area (Å²) in [4.78, 5) is 32.8. The second-order valence-corrected chi connectivity index (χ2v) is 6.82. The van der Waals surface area contributed by atoms with E-state index in [-0.39, 0.29) is 11.6 Å². The highest BCUT2D eigenvalue weighted by molar-refractivity contribution is 6.04. The standard InChI is InChI=1S/C20H21N5O3/c1-13-6-8-25(9-7-13)19-16(4-2-15(23-19)3-5-18(26)27)24-20(28)17-10-14(11-21)12-22-17/h2-5,10,12-13,22H,6-9H2,1H3,(H,24,28)(H,26,27)/b5-3+. The van der Waals surface area contributed by atoms with Crippen LogP contribution in [0.3, 0.4) is 0 Å². The number of carboxylic acid groups (broad SMARTS) is 1. The summed E-state index contributed by atoms with van der Waals surface area (Å²) in [5.41, 5.74) is 1.70. The van der Waals surface area contributed by atoms with Gasteiger partial charge in [0.25, 0.3) is 5.91 Å². The molecule has 8 nitrogen and oxygen atoms in total. The van der Waals surface area contributed by atoms with Crippen molar-refractivity contribution in [3.63, 3.8) is 0 Å². The molecule has 0 atom stereocenters. The van der Waals surface area contributed by atoms with Crippen LogP contribution in [0.15, 0.2) is 30.5 Å². The highest BCUT2D eigenvalue weighted by atomic mass is 16.4. The average Bonchev–Trinajstić information content (AvgIpc) is 3.17. The molecule has 144 valence electrons. The van der Waals surface area contributed by atoms with Crippen molar-refractivity contribution in [1.82, 2.24) is 9.97 Å². The van der Waals surface area contributed by atoms with Crippen molar-refractivity contribution in [1.29, 1.82) is 5.26 Å². The zero-order chi connectivity index (χ0) is 20.1. The van der Waals surface area contributed by atoms with Gasteiger partial charge < -0.3 is 20.3 Å². The van der Waals surface area contributed by atoms with Gasteiger partial charge in [-0.05, 0) is 43.0 Å². The van der Waals surface area contributed by atoms with Crippen LogP contribution in [0.2, 0.25) is 0 Å². The van der Waals surface area contributed by atoms with Crippen LogP contribution >= 0.6 is 0 Å². The summed E-state index contributed by atoms with van der Waals surface area (Å²) >= 11 is 0. The molecule has 1 aliphatic heterocycles. The van der Waals surface area contributed by atoms with Crippen LogP contribution in [0.25, 0.3) is 6.08 Å². The van der Waals surface area contributed by atoms with Gasteiger partial charge in [-0.1, -0.05) is 6.92 Å². The molecule has 8 heteroatoms. The van der Waals surface area contributed by atoms with Gasteiger partial charge in [0.05, 0.1) is 16.9 Å². The molecule has 3 rings (SSSR count). The molecule has 1 fully saturated rings. The molecule has 0 aliphatic carbocycles. The minimum absolute atomic E-state index is 0.282. The zero-order valence-electron chi connectivity index (χ0n) is 15.5. The van der Waals surface area contributed by atoms with Crippen LogP contribution in [-0.2, 0) is 4.79 Å². The number of piperidine rings is 1. The average molecular weight is 379 g/mol. The Kier molecular flexibility index (Phi) is 5.75. The number of amides is 1. The summed E-state index contributed by atoms with van der Waals surface area (Å²) in [7, 11) is 0. The first-order chi connectivity index (χ1) is 13.5. The number of anilines is 2. The molecule has 0 bridgehead atoms. The lowest BCUT2D eigenvalue weighted by atomic mass is 9.99. The molecular weight excluding hydrogens is 358 g/mol. The number of nitrogens with one attached hydrogen (secondary N) is 2. The number of hydrogen-bond donors (Lipinski definition) is 3. The van der Waals surface area contributed by atoms with Crippen LogP contribution in [0.4, 0.5) is 11.5 Å². The van der Waals surface area contributed by atoms with E-state index in [1.807, 2.05) is 6.07 Å². The van der Waals surface area contributed by atoms with Crippen LogP contribution in [-0.4, -0.2) is 40.0 Å². The maximum Gasteiger partial charge on any atom is 0.328 e. The molecule has 0 aromatic carbocycles. The molecule has 3 heterocycles. The van der Waals surface area contributed by atoms with E-state index in [2.05, 4.69) is 27.1 Å². The minimum atomic E-state index is -1.05. The van der Waals surface area contributed by atoms with Gasteiger partial charge in [0.2, 0.25) is 0 Å². The molecule has 1 saturated heterocycles. The lowest BCUT2D eigenvalue weighted by molar-refractivity contribution is -0.131. The second kappa shape index (κ2) is 8.39. The Hall–Kier alpha value is -3.60. The van der Waals surface area contributed by atoms with Gasteiger partial charge in [-0.3, -0.25) is 4.79 Å². The maximum absolute atomic E-state index is 12.5. The molecule has 2 aromatic rings. The third kappa shape index (κ3) is 4.57. The van der Waals surface area contributed by atoms with Gasteiger partial charge in [0.15, 0.2) is 5.82 Å². The lowest BCUT2D eigenvalue weighted by Crippen LogP contribution is -2.34. The molecule has 0 radical (unpaired) electrons. The summed E-state index contributed by atoms with van der Waals surface area (Å²) in [5, 5.41) is 20.6. The number of rotatable bonds is 5. The van der Waals surface area contributed by atoms with E-state index in [0.29, 0.717) is 28.7 Å². The molecule has 28 heavy (non-hydrogen) atoms. The van der Waals surface area contributed by atoms with Crippen molar-refractivity contribution in [2.45, 2.75) is 19.8 Å². The molecule has 0 spiro atoms. The van der Waals surface area contributed by atoms with Gasteiger partial charge >= 0.3 is 5.97 Å². The number of nitriles is 1. The van der Waals surface area contributed by atoms with Gasteiger partial charge in [-0.15, -0.1) is 0 Å². The SMILES string of the molecule is CC1CCN(c2nc(/C=C/C(=O)O)ccc2NC(=O)c2cc(C#N)c[nH]2)CC1. The number of carbonyl (C=O) groups is 2. The van der Waals surface area contributed by atoms with Crippen molar-refractivity contribution in [2.24, 2.45) is 5.92 Å². The summed E-state index contributed by atoms with van der Waals surface area (Å²) in [5.74, 6) is -0.177. The Bertz CT molecular complexity index is 949. The van der Waals surface area contributed by atoms with E-state index in [0.717, 1.165) is 32.0 Å². The number of aliphatic carboxylic acids is 1. The minimum Gasteiger partial charge on any atom is -0.478 e. The van der Waals surface area contributed by atoms with Crippen molar-refractivity contribution < 1.29 is 14.7 Å². The summed E-state index contributed by atoms with van der Waals surface area (Å²) < 4.78 is 0. The zero-order valence-corrected chi connectivity index (χ0v) is 15.5. The smallest absolute Gasteiger partial charge is 0.328 e. The third-order valence-electron chi connectivity index (χ3n) is 4.68. The molecule has 1 amide bonds. The van der Waals surface area contributed by atoms with Crippen LogP contribution in [0.1, 0.15) is 41.5 Å². The summed E-state index contributed by atoms with van der Waals surface area (Å²) in [6, 6.07) is 6.83. The number of pyridine rings is 1. The number of nitrogens with zero attached hydrogens (tertiary/aromatic N) is 3. The van der Waals surface area contributed by atoms with Crippen molar-refractivity contribution in [3.05, 3.63) is 47.4 Å². The lowest BCUT2D eigenvalue weighted by Gasteiger charge is -2.32. The van der Waals surface area contributed by atoms with Gasteiger partial charge in [0.1, 0.15) is 11.8 Å². The number of hydrogen-bond acceptors (Lipinski definition) is 5. The quantitative estimate of drug-likeness (QED) is 0.687. The Morgan fingerprint density at radius 1 is 1.39 bits per heavy atom. The highest BCUT2D eigenvalue weighted by Gasteiger charge is 2.21. The Morgan fingerprint density at radius 2 is 2.14 bits per heavy atom. The van der Waals surface area contributed by atoms with E-state index in [9.17, 15) is 9.59 Å². The number of carboxylic acids is 1. The second-order valence-electron chi connectivity index (χ2n) is 6.82. The largest absolute Gasteiger partial charge is 0.478 e. The third-order valence-corrected chi connectivity index (χ3v) is 4.68. The molecule has 1 aliphatic rings. The van der Waals surface area contributed by atoms with Gasteiger partial charge in [-0.25, -0.2) is 9.78 Å². The Morgan fingerprint density at radius 3 is 2.79 bits per heavy atom. The van der Waals surface area contributed by atoms with Crippen molar-refractivity contribution in [2.75, 3.05) is 23.3 Å². The maximum atomic E-state index is 12.5. The van der Waals surface area contributed by atoms with Gasteiger partial charge in [-0.2, -0.15) is 5.26 Å². The van der Waals surface area contributed by atoms with Gasteiger partial charge in [0, 0.05) is 25.4 Å². The predicted molar refractivity (Wildman–Crippen MR) is 105 cm³/mol. The van der Waals surface area contributed by atoms with Crippen molar-refractivity contribution >= 4 is 29.5 Å². The Balaban J connectivity index is 1.88. The van der Waals surface area contributed by atoms with E-state index < -0.39 is 5.97 Å². The monoisotopic (exact) mass is 379 g/mol. The Labute approximate surface area is 162 Å². The van der Waals surface area contributed by atoms with Crippen molar-refractivity contribution in [3.8, 4) is 6.07 Å². The molecular formula is C20H21N5O3. The van der Waals surface area contributed by atoms with E-state index >= 15 is 0 Å². The number of aromatic nitrogens is 2. The summed E-state index contributed by atoms with van der Waals surface area (Å²) in [6.45, 7) is 3.83. The van der Waals surface area contributed by atoms with Crippen LogP contribution in [0, 0.1) is 17.2 Å².